The molecule has 3 aliphatic heterocycles. The molecule has 10 nitrogen and oxygen atoms in total. The van der Waals surface area contributed by atoms with Gasteiger partial charge in [0.2, 0.25) is 0 Å². The first kappa shape index (κ1) is 24.9. The summed E-state index contributed by atoms with van der Waals surface area (Å²) in [6.07, 6.45) is 5.21. The lowest BCUT2D eigenvalue weighted by Gasteiger charge is -2.35. The van der Waals surface area contributed by atoms with E-state index in [0.717, 1.165) is 67.8 Å². The Morgan fingerprint density at radius 3 is 2.84 bits per heavy atom. The van der Waals surface area contributed by atoms with E-state index in [1.807, 2.05) is 29.0 Å². The number of methoxy groups -OCH3 is 1. The van der Waals surface area contributed by atoms with Crippen molar-refractivity contribution >= 4 is 29.6 Å². The van der Waals surface area contributed by atoms with Crippen molar-refractivity contribution in [1.29, 1.82) is 5.26 Å². The quantitative estimate of drug-likeness (QED) is 0.431. The summed E-state index contributed by atoms with van der Waals surface area (Å²) in [6.45, 7) is 4.78. The first-order valence-corrected chi connectivity index (χ1v) is 12.7. The van der Waals surface area contributed by atoms with Crippen molar-refractivity contribution in [3.63, 3.8) is 0 Å². The molecule has 2 aromatic heterocycles. The molecule has 0 saturated carbocycles. The van der Waals surface area contributed by atoms with E-state index in [-0.39, 0.29) is 6.10 Å². The minimum atomic E-state index is 0.143. The standard InChI is InChI=1S/C27H31N7O3/c1-31-8-9-32(22(15-31)17-35)14-20-10-19-4-3-6-34(27(19)30-24(20)18-36)26-11-25(21(12-28)13-29-26)33-7-5-23(16-33)37-2/h10-11,13,18,23H,3-9,14-16H2,1-2H3/t23-/m0/s1. The van der Waals surface area contributed by atoms with Gasteiger partial charge in [0.15, 0.2) is 6.29 Å². The Morgan fingerprint density at radius 2 is 2.11 bits per heavy atom. The fourth-order valence-electron chi connectivity index (χ4n) is 5.42. The second-order valence-electron chi connectivity index (χ2n) is 9.86. The molecule has 0 spiro atoms. The Labute approximate surface area is 216 Å². The summed E-state index contributed by atoms with van der Waals surface area (Å²) in [5.74, 6) is 3.50. The van der Waals surface area contributed by atoms with E-state index < -0.39 is 0 Å². The summed E-state index contributed by atoms with van der Waals surface area (Å²) < 4.78 is 5.52. The lowest BCUT2D eigenvalue weighted by Crippen LogP contribution is -2.42. The zero-order chi connectivity index (χ0) is 25.9. The number of hydrogen-bond donors (Lipinski definition) is 0. The SMILES string of the molecule is CO[C@H]1CCN(c2cc(N3CCCc4cc(CN5CCN(C)CC5=C=O)c(C=O)nc43)ncc2C#N)C1. The molecule has 1 atom stereocenters. The van der Waals surface area contributed by atoms with Crippen LogP contribution in [-0.2, 0) is 22.5 Å². The van der Waals surface area contributed by atoms with Crippen LogP contribution < -0.4 is 9.80 Å². The van der Waals surface area contributed by atoms with Crippen molar-refractivity contribution in [3.8, 4) is 6.07 Å². The lowest BCUT2D eigenvalue weighted by atomic mass is 10.0. The van der Waals surface area contributed by atoms with E-state index >= 15 is 0 Å². The van der Waals surface area contributed by atoms with Crippen LogP contribution in [0, 0.1) is 11.3 Å². The number of aromatic nitrogens is 2. The van der Waals surface area contributed by atoms with Crippen LogP contribution in [-0.4, -0.2) is 91.5 Å². The summed E-state index contributed by atoms with van der Waals surface area (Å²) in [5, 5.41) is 9.70. The topological polar surface area (TPSA) is 106 Å². The van der Waals surface area contributed by atoms with Crippen LogP contribution in [0.3, 0.4) is 0 Å². The van der Waals surface area contributed by atoms with Crippen LogP contribution in [0.25, 0.3) is 0 Å². The summed E-state index contributed by atoms with van der Waals surface area (Å²) in [7, 11) is 3.69. The number of nitriles is 1. The number of anilines is 3. The first-order chi connectivity index (χ1) is 18.0. The summed E-state index contributed by atoms with van der Waals surface area (Å²) >= 11 is 0. The number of rotatable bonds is 6. The van der Waals surface area contributed by atoms with Gasteiger partial charge in [0.1, 0.15) is 35.0 Å². The predicted molar refractivity (Wildman–Crippen MR) is 139 cm³/mol. The van der Waals surface area contributed by atoms with E-state index in [1.54, 1.807) is 13.3 Å². The van der Waals surface area contributed by atoms with Gasteiger partial charge in [0.25, 0.3) is 0 Å². The van der Waals surface area contributed by atoms with Gasteiger partial charge in [-0.1, -0.05) is 0 Å². The molecular formula is C27H31N7O3. The van der Waals surface area contributed by atoms with Crippen LogP contribution in [0.5, 0.6) is 0 Å². The molecule has 0 aromatic carbocycles. The van der Waals surface area contributed by atoms with Crippen LogP contribution in [0.1, 0.15) is 40.0 Å². The minimum absolute atomic E-state index is 0.143. The van der Waals surface area contributed by atoms with Crippen molar-refractivity contribution in [3.05, 3.63) is 46.4 Å². The number of hydrogen-bond acceptors (Lipinski definition) is 10. The fourth-order valence-corrected chi connectivity index (χ4v) is 5.42. The molecule has 37 heavy (non-hydrogen) atoms. The molecule has 0 unspecified atom stereocenters. The number of likely N-dealkylation sites (N-methyl/N-ethyl adjacent to an activating group) is 1. The summed E-state index contributed by atoms with van der Waals surface area (Å²) in [6, 6.07) is 6.27. The molecule has 5 heterocycles. The Balaban J connectivity index is 1.47. The van der Waals surface area contributed by atoms with Gasteiger partial charge in [0, 0.05) is 70.7 Å². The Morgan fingerprint density at radius 1 is 1.24 bits per heavy atom. The first-order valence-electron chi connectivity index (χ1n) is 12.7. The highest BCUT2D eigenvalue weighted by Crippen LogP contribution is 2.35. The number of nitrogens with zero attached hydrogens (tertiary/aromatic N) is 7. The number of carbonyl (C=O) groups is 1. The summed E-state index contributed by atoms with van der Waals surface area (Å²) in [4.78, 5) is 41.3. The van der Waals surface area contributed by atoms with Gasteiger partial charge in [-0.3, -0.25) is 9.69 Å². The number of pyridine rings is 2. The zero-order valence-corrected chi connectivity index (χ0v) is 21.3. The highest BCUT2D eigenvalue weighted by Gasteiger charge is 2.28. The molecule has 2 aromatic rings. The van der Waals surface area contributed by atoms with E-state index in [2.05, 4.69) is 26.8 Å². The Kier molecular flexibility index (Phi) is 7.19. The second kappa shape index (κ2) is 10.7. The third-order valence-corrected chi connectivity index (χ3v) is 7.50. The maximum absolute atomic E-state index is 12.1. The normalized spacial score (nSPS) is 20.0. The lowest BCUT2D eigenvalue weighted by molar-refractivity contribution is 0.111. The number of fused-ring (bicyclic) bond motifs is 1. The van der Waals surface area contributed by atoms with Gasteiger partial charge >= 0.3 is 0 Å². The second-order valence-corrected chi connectivity index (χ2v) is 9.86. The molecule has 0 aliphatic carbocycles. The third kappa shape index (κ3) is 4.94. The van der Waals surface area contributed by atoms with E-state index in [4.69, 9.17) is 9.72 Å². The highest BCUT2D eigenvalue weighted by atomic mass is 16.5. The number of piperazine rings is 1. The number of ether oxygens (including phenoxy) is 1. The monoisotopic (exact) mass is 501 g/mol. The Hall–Kier alpha value is -3.77. The molecule has 5 rings (SSSR count). The van der Waals surface area contributed by atoms with Crippen LogP contribution in [0.15, 0.2) is 24.0 Å². The molecule has 0 bridgehead atoms. The van der Waals surface area contributed by atoms with Crippen molar-refractivity contribution in [1.82, 2.24) is 19.8 Å². The van der Waals surface area contributed by atoms with Gasteiger partial charge in [-0.25, -0.2) is 14.8 Å². The highest BCUT2D eigenvalue weighted by molar-refractivity contribution is 5.78. The van der Waals surface area contributed by atoms with Crippen LogP contribution >= 0.6 is 0 Å². The van der Waals surface area contributed by atoms with E-state index in [9.17, 15) is 14.9 Å². The minimum Gasteiger partial charge on any atom is -0.380 e. The maximum atomic E-state index is 12.1. The summed E-state index contributed by atoms with van der Waals surface area (Å²) in [5.41, 5.74) is 4.19. The molecule has 3 aliphatic rings. The molecule has 10 heteroatoms. The Bertz CT molecular complexity index is 1280. The average molecular weight is 502 g/mol. The molecule has 0 amide bonds. The van der Waals surface area contributed by atoms with Crippen LogP contribution in [0.4, 0.5) is 17.3 Å². The molecule has 2 saturated heterocycles. The van der Waals surface area contributed by atoms with Crippen LogP contribution in [0.2, 0.25) is 0 Å². The molecular weight excluding hydrogens is 470 g/mol. The van der Waals surface area contributed by atoms with Crippen molar-refractivity contribution in [2.24, 2.45) is 0 Å². The van der Waals surface area contributed by atoms with Crippen molar-refractivity contribution in [2.75, 3.05) is 63.2 Å². The molecule has 0 radical (unpaired) electrons. The van der Waals surface area contributed by atoms with Gasteiger partial charge in [-0.15, -0.1) is 0 Å². The van der Waals surface area contributed by atoms with Gasteiger partial charge in [-0.2, -0.15) is 5.26 Å². The molecule has 2 fully saturated rings. The van der Waals surface area contributed by atoms with E-state index in [1.165, 1.54) is 0 Å². The van der Waals surface area contributed by atoms with E-state index in [0.29, 0.717) is 49.0 Å². The maximum Gasteiger partial charge on any atom is 0.168 e. The zero-order valence-electron chi connectivity index (χ0n) is 21.3. The third-order valence-electron chi connectivity index (χ3n) is 7.50. The van der Waals surface area contributed by atoms with Crippen molar-refractivity contribution in [2.45, 2.75) is 31.9 Å². The predicted octanol–water partition coefficient (Wildman–Crippen LogP) is 1.93. The molecule has 192 valence electrons. The average Bonchev–Trinajstić information content (AvgIpc) is 3.42. The number of aldehydes is 1. The molecule has 0 N–H and O–H groups in total. The van der Waals surface area contributed by atoms with Gasteiger partial charge < -0.3 is 19.4 Å². The smallest absolute Gasteiger partial charge is 0.168 e. The largest absolute Gasteiger partial charge is 0.380 e. The fraction of sp³-hybridized carbons (Fsp3) is 0.481. The van der Waals surface area contributed by atoms with Gasteiger partial charge in [-0.05, 0) is 37.9 Å². The number of carbonyl (C=O) groups excluding carboxylic acids is 2. The van der Waals surface area contributed by atoms with Gasteiger partial charge in [0.05, 0.1) is 17.4 Å². The van der Waals surface area contributed by atoms with Crippen molar-refractivity contribution < 1.29 is 14.3 Å². The number of aryl methyl sites for hydroxylation is 1.